The minimum Gasteiger partial charge on any atom is -0.458 e. The molecule has 0 unspecified atom stereocenters. The number of hydrogen-bond donors (Lipinski definition) is 0. The second kappa shape index (κ2) is 8.15. The van der Waals surface area contributed by atoms with Crippen molar-refractivity contribution in [2.75, 3.05) is 5.88 Å². The van der Waals surface area contributed by atoms with Gasteiger partial charge in [-0.15, -0.1) is 11.6 Å². The van der Waals surface area contributed by atoms with Crippen LogP contribution in [0.1, 0.15) is 6.92 Å². The lowest BCUT2D eigenvalue weighted by atomic mass is 10.1. The minimum absolute atomic E-state index is 0.131. The smallest absolute Gasteiger partial charge is 0.178 e. The van der Waals surface area contributed by atoms with Crippen molar-refractivity contribution in [3.8, 4) is 5.75 Å². The fourth-order valence-electron chi connectivity index (χ4n) is 1.34. The largest absolute Gasteiger partial charge is 0.458 e. The van der Waals surface area contributed by atoms with Crippen molar-refractivity contribution < 1.29 is 9.53 Å². The molecule has 1 rings (SSSR count). The van der Waals surface area contributed by atoms with Crippen LogP contribution in [0.15, 0.2) is 59.4 Å². The van der Waals surface area contributed by atoms with Crippen LogP contribution < -0.4 is 4.74 Å². The summed E-state index contributed by atoms with van der Waals surface area (Å²) in [6.45, 7) is 5.36. The van der Waals surface area contributed by atoms with Crippen LogP contribution in [0, 0.1) is 0 Å². The molecule has 0 aliphatic carbocycles. The van der Waals surface area contributed by atoms with Crippen LogP contribution in [0.25, 0.3) is 0 Å². The van der Waals surface area contributed by atoms with E-state index in [1.807, 2.05) is 0 Å². The number of alkyl halides is 1. The van der Waals surface area contributed by atoms with Gasteiger partial charge in [0.15, 0.2) is 5.78 Å². The zero-order chi connectivity index (χ0) is 15.1. The monoisotopic (exact) mass is 330 g/mol. The van der Waals surface area contributed by atoms with Crippen molar-refractivity contribution in [3.05, 3.63) is 64.4 Å². The van der Waals surface area contributed by atoms with Gasteiger partial charge >= 0.3 is 0 Å². The molecule has 0 amide bonds. The average molecular weight is 332 g/mol. The molecule has 2 nitrogen and oxygen atoms in total. The molecule has 0 N–H and O–H groups in total. The first-order chi connectivity index (χ1) is 9.43. The van der Waals surface area contributed by atoms with Crippen LogP contribution >= 0.6 is 34.8 Å². The van der Waals surface area contributed by atoms with Crippen molar-refractivity contribution >= 4 is 40.6 Å². The molecule has 0 atom stereocenters. The summed E-state index contributed by atoms with van der Waals surface area (Å²) >= 11 is 17.1. The Bertz CT molecular complexity index is 553. The van der Waals surface area contributed by atoms with E-state index >= 15 is 0 Å². The fraction of sp³-hybridized carbons (Fsp3) is 0.133. The molecule has 1 aromatic carbocycles. The summed E-state index contributed by atoms with van der Waals surface area (Å²) in [6, 6.07) is 6.85. The lowest BCUT2D eigenvalue weighted by molar-refractivity contribution is -0.113. The molecule has 5 heteroatoms. The number of benzene rings is 1. The molecule has 1 aromatic rings. The Labute approximate surface area is 133 Å². The van der Waals surface area contributed by atoms with Crippen molar-refractivity contribution in [1.82, 2.24) is 0 Å². The molecular weight excluding hydrogens is 319 g/mol. The molecule has 20 heavy (non-hydrogen) atoms. The van der Waals surface area contributed by atoms with Gasteiger partial charge in [0.05, 0.1) is 5.88 Å². The van der Waals surface area contributed by atoms with Crippen LogP contribution in [-0.2, 0) is 4.79 Å². The second-order valence-electron chi connectivity index (χ2n) is 3.86. The van der Waals surface area contributed by atoms with E-state index in [-0.39, 0.29) is 11.7 Å². The Morgan fingerprint density at radius 2 is 1.90 bits per heavy atom. The number of ketones is 1. The molecule has 0 radical (unpaired) electrons. The van der Waals surface area contributed by atoms with Crippen LogP contribution in [0.3, 0.4) is 0 Å². The van der Waals surface area contributed by atoms with Gasteiger partial charge < -0.3 is 4.74 Å². The minimum atomic E-state index is -0.255. The topological polar surface area (TPSA) is 26.3 Å². The van der Waals surface area contributed by atoms with E-state index in [1.165, 1.54) is 6.08 Å². The van der Waals surface area contributed by atoms with Crippen molar-refractivity contribution in [2.45, 2.75) is 6.92 Å². The van der Waals surface area contributed by atoms with E-state index in [0.717, 1.165) is 0 Å². The number of carbonyl (C=O) groups is 1. The molecule has 0 spiro atoms. The van der Waals surface area contributed by atoms with Gasteiger partial charge in [-0.3, -0.25) is 4.79 Å². The van der Waals surface area contributed by atoms with Crippen molar-refractivity contribution in [1.29, 1.82) is 0 Å². The van der Waals surface area contributed by atoms with Gasteiger partial charge in [0.1, 0.15) is 11.5 Å². The molecule has 0 saturated heterocycles. The fourth-order valence-corrected chi connectivity index (χ4v) is 1.77. The summed E-state index contributed by atoms with van der Waals surface area (Å²) in [7, 11) is 0. The Morgan fingerprint density at radius 1 is 1.30 bits per heavy atom. The lowest BCUT2D eigenvalue weighted by Gasteiger charge is -2.05. The van der Waals surface area contributed by atoms with E-state index in [4.69, 9.17) is 39.5 Å². The summed E-state index contributed by atoms with van der Waals surface area (Å²) in [5, 5.41) is 0.986. The number of rotatable bonds is 6. The van der Waals surface area contributed by atoms with Gasteiger partial charge in [-0.25, -0.2) is 0 Å². The standard InChI is InChI=1S/C15H13Cl3O2/c1-10(20-13-6-4-12(18)5-7-13)3-8-14(11(2)17)15(19)9-16/h3-8H,1,9H2,2H3/b8-3-,14-11-. The predicted octanol–water partition coefficient (Wildman–Crippen LogP) is 5.11. The van der Waals surface area contributed by atoms with Gasteiger partial charge in [0, 0.05) is 15.6 Å². The third kappa shape index (κ3) is 5.41. The van der Waals surface area contributed by atoms with Gasteiger partial charge in [-0.2, -0.15) is 0 Å². The Balaban J connectivity index is 2.74. The zero-order valence-corrected chi connectivity index (χ0v) is 13.1. The highest BCUT2D eigenvalue weighted by Gasteiger charge is 2.07. The van der Waals surface area contributed by atoms with Crippen molar-refractivity contribution in [2.24, 2.45) is 0 Å². The Kier molecular flexibility index (Phi) is 6.86. The summed E-state index contributed by atoms with van der Waals surface area (Å²) in [5.41, 5.74) is 0.336. The van der Waals surface area contributed by atoms with Crippen LogP contribution in [0.4, 0.5) is 0 Å². The first-order valence-electron chi connectivity index (χ1n) is 5.70. The maximum absolute atomic E-state index is 11.6. The van der Waals surface area contributed by atoms with Crippen LogP contribution in [-0.4, -0.2) is 11.7 Å². The summed E-state index contributed by atoms with van der Waals surface area (Å²) in [5.74, 6) is 0.578. The van der Waals surface area contributed by atoms with Crippen LogP contribution in [0.5, 0.6) is 5.75 Å². The van der Waals surface area contributed by atoms with Gasteiger partial charge in [0.25, 0.3) is 0 Å². The SMILES string of the molecule is C=C(/C=C\C(C(=O)CCl)=C(/C)Cl)Oc1ccc(Cl)cc1. The highest BCUT2D eigenvalue weighted by molar-refractivity contribution is 6.36. The lowest BCUT2D eigenvalue weighted by Crippen LogP contribution is -2.03. The first kappa shape index (κ1) is 16.8. The molecule has 0 bridgehead atoms. The van der Waals surface area contributed by atoms with Gasteiger partial charge in [0.2, 0.25) is 0 Å². The number of carbonyl (C=O) groups excluding carboxylic acids is 1. The molecule has 0 aromatic heterocycles. The van der Waals surface area contributed by atoms with Crippen LogP contribution in [0.2, 0.25) is 5.02 Å². The van der Waals surface area contributed by atoms with E-state index in [1.54, 1.807) is 37.3 Å². The number of hydrogen-bond acceptors (Lipinski definition) is 2. The number of allylic oxidation sites excluding steroid dienone is 4. The average Bonchev–Trinajstić information content (AvgIpc) is 2.41. The van der Waals surface area contributed by atoms with E-state index in [2.05, 4.69) is 6.58 Å². The molecular formula is C15H13Cl3O2. The zero-order valence-electron chi connectivity index (χ0n) is 10.8. The van der Waals surface area contributed by atoms with E-state index in [9.17, 15) is 4.79 Å². The molecule has 0 aliphatic rings. The Hall–Kier alpha value is -1.22. The number of ether oxygens (including phenoxy) is 1. The molecule has 106 valence electrons. The highest BCUT2D eigenvalue weighted by atomic mass is 35.5. The molecule has 0 saturated carbocycles. The maximum atomic E-state index is 11.6. The van der Waals surface area contributed by atoms with Gasteiger partial charge in [-0.05, 0) is 43.3 Å². The van der Waals surface area contributed by atoms with Crippen molar-refractivity contribution in [3.63, 3.8) is 0 Å². The third-order valence-electron chi connectivity index (χ3n) is 2.29. The quantitative estimate of drug-likeness (QED) is 0.313. The first-order valence-corrected chi connectivity index (χ1v) is 6.99. The number of Topliss-reactive ketones (excluding diaryl/α,β-unsaturated/α-hetero) is 1. The highest BCUT2D eigenvalue weighted by Crippen LogP contribution is 2.18. The summed E-state index contributed by atoms with van der Waals surface area (Å²) < 4.78 is 5.46. The maximum Gasteiger partial charge on any atom is 0.178 e. The second-order valence-corrected chi connectivity index (χ2v) is 5.13. The van der Waals surface area contributed by atoms with Gasteiger partial charge in [-0.1, -0.05) is 29.8 Å². The van der Waals surface area contributed by atoms with E-state index in [0.29, 0.717) is 27.1 Å². The third-order valence-corrected chi connectivity index (χ3v) is 2.99. The summed E-state index contributed by atoms with van der Waals surface area (Å²) in [4.78, 5) is 11.6. The number of halogens is 3. The normalized spacial score (nSPS) is 12.2. The van der Waals surface area contributed by atoms with E-state index < -0.39 is 0 Å². The predicted molar refractivity (Wildman–Crippen MR) is 84.6 cm³/mol. The summed E-state index contributed by atoms with van der Waals surface area (Å²) in [6.07, 6.45) is 3.09. The molecule has 0 heterocycles. The molecule has 0 aliphatic heterocycles. The Morgan fingerprint density at radius 3 is 2.40 bits per heavy atom. The molecule has 0 fully saturated rings.